The van der Waals surface area contributed by atoms with Crippen LogP contribution >= 0.6 is 11.3 Å². The van der Waals surface area contributed by atoms with Crippen LogP contribution in [0.5, 0.6) is 11.5 Å². The zero-order valence-corrected chi connectivity index (χ0v) is 14.4. The minimum Gasteiger partial charge on any atom is -0.427 e. The van der Waals surface area contributed by atoms with Crippen molar-refractivity contribution in [2.75, 3.05) is 0 Å². The molecular formula is C19H14O5S. The van der Waals surface area contributed by atoms with Gasteiger partial charge in [-0.05, 0) is 30.3 Å². The molecule has 0 radical (unpaired) electrons. The van der Waals surface area contributed by atoms with Crippen LogP contribution in [0.1, 0.15) is 33.9 Å². The van der Waals surface area contributed by atoms with Gasteiger partial charge in [0, 0.05) is 23.9 Å². The summed E-state index contributed by atoms with van der Waals surface area (Å²) in [5.74, 6) is -0.758. The predicted molar refractivity (Wildman–Crippen MR) is 94.5 cm³/mol. The lowest BCUT2D eigenvalue weighted by molar-refractivity contribution is -0.131. The molecule has 0 unspecified atom stereocenters. The molecule has 6 heteroatoms. The summed E-state index contributed by atoms with van der Waals surface area (Å²) >= 11 is 1.28. The second-order valence-corrected chi connectivity index (χ2v) is 6.38. The van der Waals surface area contributed by atoms with E-state index in [1.54, 1.807) is 24.3 Å². The monoisotopic (exact) mass is 354 g/mol. The number of hydrogen-bond acceptors (Lipinski definition) is 6. The van der Waals surface area contributed by atoms with Gasteiger partial charge in [0.05, 0.1) is 5.56 Å². The molecule has 0 N–H and O–H groups in total. The smallest absolute Gasteiger partial charge is 0.343 e. The zero-order valence-electron chi connectivity index (χ0n) is 13.6. The Morgan fingerprint density at radius 3 is 2.40 bits per heavy atom. The molecule has 3 rings (SSSR count). The average molecular weight is 354 g/mol. The third-order valence-electron chi connectivity index (χ3n) is 3.40. The Bertz CT molecular complexity index is 986. The molecule has 0 amide bonds. The maximum absolute atomic E-state index is 12.5. The highest BCUT2D eigenvalue weighted by molar-refractivity contribution is 7.21. The van der Waals surface area contributed by atoms with Crippen molar-refractivity contribution in [2.24, 2.45) is 0 Å². The van der Waals surface area contributed by atoms with Gasteiger partial charge in [-0.2, -0.15) is 0 Å². The minimum absolute atomic E-state index is 0.169. The summed E-state index contributed by atoms with van der Waals surface area (Å²) in [4.78, 5) is 35.8. The number of carbonyl (C=O) groups is 3. The van der Waals surface area contributed by atoms with Crippen LogP contribution in [0, 0.1) is 0 Å². The number of ketones is 1. The molecule has 1 aromatic heterocycles. The third-order valence-corrected chi connectivity index (χ3v) is 4.65. The first kappa shape index (κ1) is 16.9. The van der Waals surface area contributed by atoms with Crippen LogP contribution in [0.3, 0.4) is 0 Å². The van der Waals surface area contributed by atoms with E-state index in [-0.39, 0.29) is 22.8 Å². The summed E-state index contributed by atoms with van der Waals surface area (Å²) in [6.07, 6.45) is 0. The quantitative estimate of drug-likeness (QED) is 0.398. The fourth-order valence-electron chi connectivity index (χ4n) is 2.36. The van der Waals surface area contributed by atoms with Crippen LogP contribution in [-0.2, 0) is 4.79 Å². The Labute approximate surface area is 147 Å². The number of thiophene rings is 1. The van der Waals surface area contributed by atoms with Crippen LogP contribution in [0.4, 0.5) is 0 Å². The topological polar surface area (TPSA) is 69.7 Å². The first-order valence-electron chi connectivity index (χ1n) is 7.49. The molecule has 126 valence electrons. The van der Waals surface area contributed by atoms with Crippen molar-refractivity contribution in [3.63, 3.8) is 0 Å². The van der Waals surface area contributed by atoms with Crippen molar-refractivity contribution in [2.45, 2.75) is 13.8 Å². The number of rotatable bonds is 4. The van der Waals surface area contributed by atoms with Crippen molar-refractivity contribution in [1.82, 2.24) is 0 Å². The molecule has 0 saturated carbocycles. The fraction of sp³-hybridized carbons (Fsp3) is 0.105. The highest BCUT2D eigenvalue weighted by atomic mass is 32.1. The summed E-state index contributed by atoms with van der Waals surface area (Å²) in [6.45, 7) is 2.71. The van der Waals surface area contributed by atoms with Crippen LogP contribution in [0.2, 0.25) is 0 Å². The Balaban J connectivity index is 1.96. The molecule has 0 spiro atoms. The van der Waals surface area contributed by atoms with Crippen molar-refractivity contribution < 1.29 is 23.9 Å². The molecule has 25 heavy (non-hydrogen) atoms. The average Bonchev–Trinajstić information content (AvgIpc) is 2.93. The van der Waals surface area contributed by atoms with E-state index in [4.69, 9.17) is 9.47 Å². The van der Waals surface area contributed by atoms with E-state index in [2.05, 4.69) is 0 Å². The van der Waals surface area contributed by atoms with E-state index in [1.807, 2.05) is 18.2 Å². The molecule has 0 fully saturated rings. The molecule has 0 bridgehead atoms. The zero-order chi connectivity index (χ0) is 18.0. The van der Waals surface area contributed by atoms with Crippen molar-refractivity contribution >= 4 is 39.1 Å². The molecule has 1 heterocycles. The van der Waals surface area contributed by atoms with Crippen molar-refractivity contribution in [3.05, 3.63) is 59.0 Å². The van der Waals surface area contributed by atoms with E-state index in [0.29, 0.717) is 10.3 Å². The normalized spacial score (nSPS) is 10.5. The standard InChI is InChI=1S/C19H14O5S/c1-11(20)18-17(15-8-3-4-9-16(15)25-18)24-19(22)13-6-5-7-14(10-13)23-12(2)21/h3-10H,1-2H3. The summed E-state index contributed by atoms with van der Waals surface area (Å²) in [6, 6.07) is 13.5. The molecule has 0 saturated heterocycles. The Morgan fingerprint density at radius 1 is 0.920 bits per heavy atom. The molecular weight excluding hydrogens is 340 g/mol. The summed E-state index contributed by atoms with van der Waals surface area (Å²) < 4.78 is 11.4. The highest BCUT2D eigenvalue weighted by Gasteiger charge is 2.20. The molecule has 5 nitrogen and oxygen atoms in total. The second-order valence-electron chi connectivity index (χ2n) is 5.32. The molecule has 0 atom stereocenters. The number of Topliss-reactive ketones (excluding diaryl/α,β-unsaturated/α-hetero) is 1. The van der Waals surface area contributed by atoms with Gasteiger partial charge < -0.3 is 9.47 Å². The largest absolute Gasteiger partial charge is 0.427 e. The van der Waals surface area contributed by atoms with Crippen molar-refractivity contribution in [3.8, 4) is 11.5 Å². The van der Waals surface area contributed by atoms with Gasteiger partial charge in [0.25, 0.3) is 0 Å². The maximum atomic E-state index is 12.5. The fourth-order valence-corrected chi connectivity index (χ4v) is 3.38. The molecule has 0 aliphatic heterocycles. The molecule has 0 aliphatic carbocycles. The highest BCUT2D eigenvalue weighted by Crippen LogP contribution is 2.38. The lowest BCUT2D eigenvalue weighted by Gasteiger charge is -2.07. The molecule has 2 aromatic carbocycles. The van der Waals surface area contributed by atoms with Crippen LogP contribution in [0.25, 0.3) is 10.1 Å². The van der Waals surface area contributed by atoms with E-state index in [9.17, 15) is 14.4 Å². The number of benzene rings is 2. The van der Waals surface area contributed by atoms with Gasteiger partial charge in [0.2, 0.25) is 0 Å². The predicted octanol–water partition coefficient (Wildman–Crippen LogP) is 4.25. The SMILES string of the molecule is CC(=O)Oc1cccc(C(=O)Oc2c(C(C)=O)sc3ccccc23)c1. The minimum atomic E-state index is -0.625. The summed E-state index contributed by atoms with van der Waals surface area (Å²) in [7, 11) is 0. The number of hydrogen-bond donors (Lipinski definition) is 0. The van der Waals surface area contributed by atoms with E-state index in [0.717, 1.165) is 4.70 Å². The summed E-state index contributed by atoms with van der Waals surface area (Å²) in [5, 5.41) is 0.710. The van der Waals surface area contributed by atoms with Gasteiger partial charge in [-0.3, -0.25) is 9.59 Å². The van der Waals surface area contributed by atoms with E-state index < -0.39 is 11.9 Å². The van der Waals surface area contributed by atoms with E-state index in [1.165, 1.54) is 31.3 Å². The maximum Gasteiger partial charge on any atom is 0.343 e. The first-order chi connectivity index (χ1) is 12.0. The van der Waals surface area contributed by atoms with Crippen LogP contribution < -0.4 is 9.47 Å². The molecule has 0 aliphatic rings. The molecule has 3 aromatic rings. The van der Waals surface area contributed by atoms with Gasteiger partial charge in [0.1, 0.15) is 10.6 Å². The Hall–Kier alpha value is -2.99. The summed E-state index contributed by atoms with van der Waals surface area (Å²) in [5.41, 5.74) is 0.225. The van der Waals surface area contributed by atoms with Gasteiger partial charge in [-0.25, -0.2) is 4.79 Å². The van der Waals surface area contributed by atoms with Gasteiger partial charge in [0.15, 0.2) is 11.5 Å². The van der Waals surface area contributed by atoms with Crippen LogP contribution in [0.15, 0.2) is 48.5 Å². The van der Waals surface area contributed by atoms with Gasteiger partial charge in [-0.1, -0.05) is 18.2 Å². The number of fused-ring (bicyclic) bond motifs is 1. The Kier molecular flexibility index (Phi) is 4.63. The first-order valence-corrected chi connectivity index (χ1v) is 8.30. The van der Waals surface area contributed by atoms with E-state index >= 15 is 0 Å². The second kappa shape index (κ2) is 6.86. The lowest BCUT2D eigenvalue weighted by atomic mass is 10.2. The lowest BCUT2D eigenvalue weighted by Crippen LogP contribution is -2.10. The van der Waals surface area contributed by atoms with Crippen LogP contribution in [-0.4, -0.2) is 17.7 Å². The van der Waals surface area contributed by atoms with Gasteiger partial charge in [-0.15, -0.1) is 11.3 Å². The van der Waals surface area contributed by atoms with Gasteiger partial charge >= 0.3 is 11.9 Å². The third kappa shape index (κ3) is 3.59. The van der Waals surface area contributed by atoms with Crippen molar-refractivity contribution in [1.29, 1.82) is 0 Å². The Morgan fingerprint density at radius 2 is 1.68 bits per heavy atom. The number of carbonyl (C=O) groups excluding carboxylic acids is 3. The number of esters is 2. The number of ether oxygens (including phenoxy) is 2.